The lowest BCUT2D eigenvalue weighted by atomic mass is 10.2. The number of para-hydroxylation sites is 1. The standard InChI is InChI=1S/C9H9N3/c1-6-4-3-5-8-9(6)10-7(2)11-12-8/h3-5H,1-2H3. The van der Waals surface area contributed by atoms with Crippen molar-refractivity contribution >= 4 is 11.0 Å². The Morgan fingerprint density at radius 2 is 1.92 bits per heavy atom. The molecule has 0 N–H and O–H groups in total. The molecule has 0 saturated heterocycles. The fourth-order valence-electron chi connectivity index (χ4n) is 1.18. The number of aromatic nitrogens is 3. The Balaban J connectivity index is 2.88. The van der Waals surface area contributed by atoms with Crippen LogP contribution < -0.4 is 0 Å². The molecule has 1 aromatic heterocycles. The number of hydrogen-bond acceptors (Lipinski definition) is 3. The van der Waals surface area contributed by atoms with E-state index in [0.717, 1.165) is 22.4 Å². The monoisotopic (exact) mass is 159 g/mol. The number of fused-ring (bicyclic) bond motifs is 1. The minimum Gasteiger partial charge on any atom is -0.229 e. The van der Waals surface area contributed by atoms with Gasteiger partial charge in [-0.3, -0.25) is 0 Å². The van der Waals surface area contributed by atoms with Gasteiger partial charge in [-0.2, -0.15) is 0 Å². The largest absolute Gasteiger partial charge is 0.229 e. The van der Waals surface area contributed by atoms with Gasteiger partial charge >= 0.3 is 0 Å². The Morgan fingerprint density at radius 1 is 1.08 bits per heavy atom. The number of hydrogen-bond donors (Lipinski definition) is 0. The summed E-state index contributed by atoms with van der Waals surface area (Å²) in [6.07, 6.45) is 0. The van der Waals surface area contributed by atoms with Crippen molar-refractivity contribution in [2.24, 2.45) is 0 Å². The lowest BCUT2D eigenvalue weighted by molar-refractivity contribution is 0.949. The predicted molar refractivity (Wildman–Crippen MR) is 46.8 cm³/mol. The first kappa shape index (κ1) is 7.16. The second kappa shape index (κ2) is 2.52. The fraction of sp³-hybridized carbons (Fsp3) is 0.222. The van der Waals surface area contributed by atoms with Gasteiger partial charge in [0.1, 0.15) is 11.3 Å². The van der Waals surface area contributed by atoms with Crippen molar-refractivity contribution in [3.63, 3.8) is 0 Å². The van der Waals surface area contributed by atoms with Gasteiger partial charge in [-0.15, -0.1) is 10.2 Å². The van der Waals surface area contributed by atoms with Crippen molar-refractivity contribution in [3.05, 3.63) is 29.6 Å². The molecule has 2 rings (SSSR count). The third kappa shape index (κ3) is 1.03. The molecule has 0 atom stereocenters. The van der Waals surface area contributed by atoms with Crippen molar-refractivity contribution in [1.29, 1.82) is 0 Å². The van der Waals surface area contributed by atoms with Crippen LogP contribution in [0.1, 0.15) is 11.4 Å². The van der Waals surface area contributed by atoms with E-state index in [2.05, 4.69) is 15.2 Å². The van der Waals surface area contributed by atoms with Crippen LogP contribution in [-0.2, 0) is 0 Å². The van der Waals surface area contributed by atoms with Crippen LogP contribution in [-0.4, -0.2) is 15.2 Å². The molecule has 0 saturated carbocycles. The quantitative estimate of drug-likeness (QED) is 0.586. The Kier molecular flexibility index (Phi) is 1.50. The molecule has 0 radical (unpaired) electrons. The summed E-state index contributed by atoms with van der Waals surface area (Å²) >= 11 is 0. The summed E-state index contributed by atoms with van der Waals surface area (Å²) in [7, 11) is 0. The van der Waals surface area contributed by atoms with E-state index < -0.39 is 0 Å². The van der Waals surface area contributed by atoms with Crippen LogP contribution in [0, 0.1) is 13.8 Å². The lowest BCUT2D eigenvalue weighted by Crippen LogP contribution is -1.93. The van der Waals surface area contributed by atoms with E-state index in [1.165, 1.54) is 0 Å². The summed E-state index contributed by atoms with van der Waals surface area (Å²) in [4.78, 5) is 4.30. The van der Waals surface area contributed by atoms with E-state index in [1.54, 1.807) is 0 Å². The van der Waals surface area contributed by atoms with Crippen LogP contribution >= 0.6 is 0 Å². The molecule has 0 spiro atoms. The van der Waals surface area contributed by atoms with Gasteiger partial charge in [-0.25, -0.2) is 4.98 Å². The highest BCUT2D eigenvalue weighted by Gasteiger charge is 1.99. The van der Waals surface area contributed by atoms with E-state index in [0.29, 0.717) is 0 Å². The number of aryl methyl sites for hydroxylation is 2. The maximum atomic E-state index is 4.30. The Hall–Kier alpha value is -1.51. The van der Waals surface area contributed by atoms with E-state index in [1.807, 2.05) is 32.0 Å². The van der Waals surface area contributed by atoms with Gasteiger partial charge in [0, 0.05) is 0 Å². The van der Waals surface area contributed by atoms with E-state index in [4.69, 9.17) is 0 Å². The number of nitrogens with zero attached hydrogens (tertiary/aromatic N) is 3. The van der Waals surface area contributed by atoms with Crippen LogP contribution in [0.2, 0.25) is 0 Å². The van der Waals surface area contributed by atoms with Crippen molar-refractivity contribution in [1.82, 2.24) is 15.2 Å². The minimum absolute atomic E-state index is 0.719. The van der Waals surface area contributed by atoms with E-state index in [9.17, 15) is 0 Å². The van der Waals surface area contributed by atoms with Crippen LogP contribution in [0.5, 0.6) is 0 Å². The average Bonchev–Trinajstić information content (AvgIpc) is 2.07. The van der Waals surface area contributed by atoms with Gasteiger partial charge < -0.3 is 0 Å². The van der Waals surface area contributed by atoms with Crippen LogP contribution in [0.25, 0.3) is 11.0 Å². The second-order valence-corrected chi connectivity index (χ2v) is 2.80. The zero-order valence-corrected chi connectivity index (χ0v) is 7.07. The number of benzene rings is 1. The third-order valence-corrected chi connectivity index (χ3v) is 1.79. The third-order valence-electron chi connectivity index (χ3n) is 1.79. The zero-order chi connectivity index (χ0) is 8.55. The first-order valence-electron chi connectivity index (χ1n) is 3.84. The van der Waals surface area contributed by atoms with E-state index in [-0.39, 0.29) is 0 Å². The summed E-state index contributed by atoms with van der Waals surface area (Å²) < 4.78 is 0. The van der Waals surface area contributed by atoms with Gasteiger partial charge in [0.05, 0.1) is 5.52 Å². The molecule has 0 amide bonds. The molecular formula is C9H9N3. The molecule has 0 bridgehead atoms. The average molecular weight is 159 g/mol. The maximum Gasteiger partial charge on any atom is 0.148 e. The molecule has 1 heterocycles. The highest BCUT2D eigenvalue weighted by molar-refractivity contribution is 5.76. The van der Waals surface area contributed by atoms with Gasteiger partial charge in [0.2, 0.25) is 0 Å². The predicted octanol–water partition coefficient (Wildman–Crippen LogP) is 1.64. The fourth-order valence-corrected chi connectivity index (χ4v) is 1.18. The summed E-state index contributed by atoms with van der Waals surface area (Å²) in [5, 5.41) is 7.92. The van der Waals surface area contributed by atoms with Crippen molar-refractivity contribution in [3.8, 4) is 0 Å². The Bertz CT molecular complexity index is 423. The first-order chi connectivity index (χ1) is 5.77. The minimum atomic E-state index is 0.719. The van der Waals surface area contributed by atoms with Crippen molar-refractivity contribution in [2.75, 3.05) is 0 Å². The smallest absolute Gasteiger partial charge is 0.148 e. The molecule has 12 heavy (non-hydrogen) atoms. The molecular weight excluding hydrogens is 150 g/mol. The molecule has 3 heteroatoms. The van der Waals surface area contributed by atoms with Gasteiger partial charge in [0.15, 0.2) is 0 Å². The molecule has 0 fully saturated rings. The van der Waals surface area contributed by atoms with Crippen LogP contribution in [0.3, 0.4) is 0 Å². The SMILES string of the molecule is Cc1nnc2cccc(C)c2n1. The van der Waals surface area contributed by atoms with Gasteiger partial charge in [-0.1, -0.05) is 12.1 Å². The highest BCUT2D eigenvalue weighted by Crippen LogP contribution is 2.11. The maximum absolute atomic E-state index is 4.30. The summed E-state index contributed by atoms with van der Waals surface area (Å²) in [5.74, 6) is 0.719. The molecule has 2 aromatic rings. The highest BCUT2D eigenvalue weighted by atomic mass is 15.1. The normalized spacial score (nSPS) is 10.5. The zero-order valence-electron chi connectivity index (χ0n) is 7.07. The van der Waals surface area contributed by atoms with Crippen molar-refractivity contribution < 1.29 is 0 Å². The molecule has 60 valence electrons. The molecule has 1 aromatic carbocycles. The molecule has 0 aliphatic heterocycles. The molecule has 3 nitrogen and oxygen atoms in total. The summed E-state index contributed by atoms with van der Waals surface area (Å²) in [5.41, 5.74) is 2.95. The topological polar surface area (TPSA) is 38.7 Å². The van der Waals surface area contributed by atoms with Crippen LogP contribution in [0.15, 0.2) is 18.2 Å². The molecule has 0 aliphatic rings. The second-order valence-electron chi connectivity index (χ2n) is 2.80. The van der Waals surface area contributed by atoms with Crippen molar-refractivity contribution in [2.45, 2.75) is 13.8 Å². The van der Waals surface area contributed by atoms with E-state index >= 15 is 0 Å². The molecule has 0 unspecified atom stereocenters. The number of rotatable bonds is 0. The first-order valence-corrected chi connectivity index (χ1v) is 3.84. The van der Waals surface area contributed by atoms with Gasteiger partial charge in [0.25, 0.3) is 0 Å². The lowest BCUT2D eigenvalue weighted by Gasteiger charge is -1.98. The Morgan fingerprint density at radius 3 is 2.75 bits per heavy atom. The molecule has 0 aliphatic carbocycles. The van der Waals surface area contributed by atoms with Gasteiger partial charge in [-0.05, 0) is 25.5 Å². The van der Waals surface area contributed by atoms with Crippen LogP contribution in [0.4, 0.5) is 0 Å². The Labute approximate surface area is 70.5 Å². The summed E-state index contributed by atoms with van der Waals surface area (Å²) in [6.45, 7) is 3.87. The summed E-state index contributed by atoms with van der Waals surface area (Å²) in [6, 6.07) is 5.90.